The lowest BCUT2D eigenvalue weighted by Crippen LogP contribution is -2.15. The number of nitrogens with zero attached hydrogens (tertiary/aromatic N) is 2. The summed E-state index contributed by atoms with van der Waals surface area (Å²) in [7, 11) is 0. The van der Waals surface area contributed by atoms with Crippen LogP contribution in [0.2, 0.25) is 0 Å². The van der Waals surface area contributed by atoms with Gasteiger partial charge in [0.25, 0.3) is 0 Å². The van der Waals surface area contributed by atoms with Crippen molar-refractivity contribution in [2.45, 2.75) is 20.3 Å². The van der Waals surface area contributed by atoms with E-state index < -0.39 is 0 Å². The van der Waals surface area contributed by atoms with Crippen LogP contribution in [0.15, 0.2) is 60.8 Å². The van der Waals surface area contributed by atoms with Gasteiger partial charge in [0.05, 0.1) is 6.42 Å². The highest BCUT2D eigenvalue weighted by molar-refractivity contribution is 7.21. The van der Waals surface area contributed by atoms with Crippen LogP contribution in [-0.2, 0) is 11.2 Å². The summed E-state index contributed by atoms with van der Waals surface area (Å²) < 4.78 is 0. The Morgan fingerprint density at radius 2 is 1.89 bits per heavy atom. The SMILES string of the molecule is Cc1ccc(CC(=O)Nc2cc(-c3nc4cccnc4s3)ccc2C)cc1. The Morgan fingerprint density at radius 3 is 2.67 bits per heavy atom. The quantitative estimate of drug-likeness (QED) is 0.538. The third-order valence-electron chi connectivity index (χ3n) is 4.41. The van der Waals surface area contributed by atoms with E-state index in [1.54, 1.807) is 17.5 Å². The molecule has 1 amide bonds. The molecular formula is C22H19N3OS. The fourth-order valence-electron chi connectivity index (χ4n) is 2.87. The van der Waals surface area contributed by atoms with Gasteiger partial charge in [0.15, 0.2) is 0 Å². The predicted octanol–water partition coefficient (Wildman–Crippen LogP) is 5.16. The van der Waals surface area contributed by atoms with Crippen molar-refractivity contribution in [1.82, 2.24) is 9.97 Å². The van der Waals surface area contributed by atoms with Crippen molar-refractivity contribution in [3.05, 3.63) is 77.5 Å². The molecule has 5 heteroatoms. The maximum atomic E-state index is 12.5. The fourth-order valence-corrected chi connectivity index (χ4v) is 3.77. The molecule has 4 nitrogen and oxygen atoms in total. The first-order valence-electron chi connectivity index (χ1n) is 8.76. The molecule has 2 aromatic heterocycles. The van der Waals surface area contributed by atoms with E-state index in [1.807, 2.05) is 68.4 Å². The number of hydrogen-bond donors (Lipinski definition) is 1. The van der Waals surface area contributed by atoms with Gasteiger partial charge in [0.1, 0.15) is 15.4 Å². The molecule has 1 N–H and O–H groups in total. The molecule has 0 spiro atoms. The lowest BCUT2D eigenvalue weighted by atomic mass is 10.1. The Balaban J connectivity index is 1.56. The highest BCUT2D eigenvalue weighted by Gasteiger charge is 2.11. The number of carbonyl (C=O) groups is 1. The summed E-state index contributed by atoms with van der Waals surface area (Å²) in [5.74, 6) is -0.0231. The molecule has 0 unspecified atom stereocenters. The minimum Gasteiger partial charge on any atom is -0.326 e. The van der Waals surface area contributed by atoms with E-state index in [2.05, 4.69) is 15.3 Å². The predicted molar refractivity (Wildman–Crippen MR) is 111 cm³/mol. The third-order valence-corrected chi connectivity index (χ3v) is 5.44. The molecule has 134 valence electrons. The number of pyridine rings is 1. The van der Waals surface area contributed by atoms with Gasteiger partial charge in [-0.05, 0) is 43.2 Å². The molecule has 0 atom stereocenters. The van der Waals surface area contributed by atoms with Crippen LogP contribution >= 0.6 is 11.3 Å². The number of fused-ring (bicyclic) bond motifs is 1. The van der Waals surface area contributed by atoms with E-state index in [0.717, 1.165) is 37.7 Å². The average molecular weight is 373 g/mol. The van der Waals surface area contributed by atoms with Gasteiger partial charge in [-0.2, -0.15) is 0 Å². The van der Waals surface area contributed by atoms with Gasteiger partial charge in [-0.15, -0.1) is 0 Å². The number of rotatable bonds is 4. The molecule has 2 aromatic carbocycles. The van der Waals surface area contributed by atoms with Crippen molar-refractivity contribution < 1.29 is 4.79 Å². The van der Waals surface area contributed by atoms with Crippen LogP contribution in [0, 0.1) is 13.8 Å². The maximum Gasteiger partial charge on any atom is 0.228 e. The highest BCUT2D eigenvalue weighted by atomic mass is 32.1. The number of thiazole rings is 1. The minimum absolute atomic E-state index is 0.0231. The Morgan fingerprint density at radius 1 is 1.07 bits per heavy atom. The smallest absolute Gasteiger partial charge is 0.228 e. The number of nitrogens with one attached hydrogen (secondary N) is 1. The molecule has 0 fully saturated rings. The second-order valence-corrected chi connectivity index (χ2v) is 7.56. The Hall–Kier alpha value is -3.05. The Kier molecular flexibility index (Phi) is 4.69. The van der Waals surface area contributed by atoms with Gasteiger partial charge < -0.3 is 5.32 Å². The van der Waals surface area contributed by atoms with E-state index in [1.165, 1.54) is 5.56 Å². The van der Waals surface area contributed by atoms with Crippen molar-refractivity contribution in [3.8, 4) is 10.6 Å². The van der Waals surface area contributed by atoms with Crippen LogP contribution in [0.5, 0.6) is 0 Å². The summed E-state index contributed by atoms with van der Waals surface area (Å²) in [4.78, 5) is 22.4. The minimum atomic E-state index is -0.0231. The van der Waals surface area contributed by atoms with Crippen molar-refractivity contribution in [2.75, 3.05) is 5.32 Å². The number of benzene rings is 2. The van der Waals surface area contributed by atoms with E-state index >= 15 is 0 Å². The Bertz CT molecular complexity index is 1080. The van der Waals surface area contributed by atoms with Crippen molar-refractivity contribution >= 4 is 33.3 Å². The van der Waals surface area contributed by atoms with Gasteiger partial charge in [0, 0.05) is 17.4 Å². The number of aryl methyl sites for hydroxylation is 2. The molecular weight excluding hydrogens is 354 g/mol. The monoisotopic (exact) mass is 373 g/mol. The topological polar surface area (TPSA) is 54.9 Å². The van der Waals surface area contributed by atoms with E-state index in [-0.39, 0.29) is 5.91 Å². The second kappa shape index (κ2) is 7.29. The summed E-state index contributed by atoms with van der Waals surface area (Å²) in [6, 6.07) is 17.9. The standard InChI is InChI=1S/C22H19N3OS/c1-14-5-8-16(9-6-14)12-20(26)24-19-13-17(10-7-15(19)2)21-25-18-4-3-11-23-22(18)27-21/h3-11,13H,12H2,1-2H3,(H,24,26). The van der Waals surface area contributed by atoms with Gasteiger partial charge in [0.2, 0.25) is 5.91 Å². The van der Waals surface area contributed by atoms with Crippen LogP contribution in [0.25, 0.3) is 20.9 Å². The molecule has 0 saturated carbocycles. The zero-order chi connectivity index (χ0) is 18.8. The van der Waals surface area contributed by atoms with Crippen LogP contribution < -0.4 is 5.32 Å². The summed E-state index contributed by atoms with van der Waals surface area (Å²) in [5.41, 5.74) is 5.90. The average Bonchev–Trinajstić information content (AvgIpc) is 3.09. The molecule has 0 aliphatic heterocycles. The summed E-state index contributed by atoms with van der Waals surface area (Å²) in [6.45, 7) is 4.03. The van der Waals surface area contributed by atoms with Crippen LogP contribution in [0.1, 0.15) is 16.7 Å². The lowest BCUT2D eigenvalue weighted by Gasteiger charge is -2.10. The normalized spacial score (nSPS) is 10.9. The zero-order valence-electron chi connectivity index (χ0n) is 15.2. The highest BCUT2D eigenvalue weighted by Crippen LogP contribution is 2.31. The summed E-state index contributed by atoms with van der Waals surface area (Å²) in [6.07, 6.45) is 2.13. The van der Waals surface area contributed by atoms with Gasteiger partial charge >= 0.3 is 0 Å². The molecule has 0 aliphatic carbocycles. The van der Waals surface area contributed by atoms with Gasteiger partial charge in [-0.3, -0.25) is 4.79 Å². The largest absolute Gasteiger partial charge is 0.326 e. The molecule has 4 rings (SSSR count). The fraction of sp³-hybridized carbons (Fsp3) is 0.136. The first-order valence-corrected chi connectivity index (χ1v) is 9.58. The van der Waals surface area contributed by atoms with Crippen LogP contribution in [0.3, 0.4) is 0 Å². The number of carbonyl (C=O) groups excluding carboxylic acids is 1. The molecule has 2 heterocycles. The molecule has 27 heavy (non-hydrogen) atoms. The van der Waals surface area contributed by atoms with Crippen molar-refractivity contribution in [3.63, 3.8) is 0 Å². The molecule has 0 radical (unpaired) electrons. The second-order valence-electron chi connectivity index (χ2n) is 6.59. The lowest BCUT2D eigenvalue weighted by molar-refractivity contribution is -0.115. The first kappa shape index (κ1) is 17.4. The van der Waals surface area contributed by atoms with E-state index in [4.69, 9.17) is 0 Å². The van der Waals surface area contributed by atoms with Crippen molar-refractivity contribution in [2.24, 2.45) is 0 Å². The van der Waals surface area contributed by atoms with Crippen LogP contribution in [0.4, 0.5) is 5.69 Å². The van der Waals surface area contributed by atoms with E-state index in [0.29, 0.717) is 6.42 Å². The first-order chi connectivity index (χ1) is 13.1. The molecule has 4 aromatic rings. The van der Waals surface area contributed by atoms with Gasteiger partial charge in [-0.1, -0.05) is 53.3 Å². The van der Waals surface area contributed by atoms with Crippen molar-refractivity contribution in [1.29, 1.82) is 0 Å². The molecule has 0 saturated heterocycles. The number of anilines is 1. The molecule has 0 aliphatic rings. The number of aromatic nitrogens is 2. The Labute approximate surface area is 161 Å². The third kappa shape index (κ3) is 3.88. The van der Waals surface area contributed by atoms with Gasteiger partial charge in [-0.25, -0.2) is 9.97 Å². The summed E-state index contributed by atoms with van der Waals surface area (Å²) in [5, 5.41) is 3.94. The van der Waals surface area contributed by atoms with E-state index in [9.17, 15) is 4.79 Å². The van der Waals surface area contributed by atoms with Crippen LogP contribution in [-0.4, -0.2) is 15.9 Å². The number of amides is 1. The zero-order valence-corrected chi connectivity index (χ0v) is 16.0. The number of hydrogen-bond acceptors (Lipinski definition) is 4. The molecule has 0 bridgehead atoms. The summed E-state index contributed by atoms with van der Waals surface area (Å²) >= 11 is 1.55. The maximum absolute atomic E-state index is 12.5.